The Bertz CT molecular complexity index is 1770. The Labute approximate surface area is 221 Å². The predicted molar refractivity (Wildman–Crippen MR) is 144 cm³/mol. The lowest BCUT2D eigenvalue weighted by atomic mass is 10.00. The van der Waals surface area contributed by atoms with Gasteiger partial charge < -0.3 is 10.6 Å². The summed E-state index contributed by atoms with van der Waals surface area (Å²) >= 11 is 0. The van der Waals surface area contributed by atoms with Crippen molar-refractivity contribution in [3.8, 4) is 11.1 Å². The second-order valence-electron chi connectivity index (χ2n) is 8.95. The van der Waals surface area contributed by atoms with E-state index < -0.39 is 17.6 Å². The number of pyridine rings is 1. The van der Waals surface area contributed by atoms with E-state index in [1.165, 1.54) is 16.7 Å². The summed E-state index contributed by atoms with van der Waals surface area (Å²) in [5.74, 6) is -0.360. The summed E-state index contributed by atoms with van der Waals surface area (Å²) < 4.78 is 40.6. The van der Waals surface area contributed by atoms with Crippen LogP contribution in [-0.2, 0) is 13.2 Å². The average Bonchev–Trinajstić information content (AvgIpc) is 2.92. The number of carbonyl (C=O) groups excluding carboxylic acids is 1. The molecule has 0 aliphatic carbocycles. The molecule has 0 saturated heterocycles. The second-order valence-corrected chi connectivity index (χ2v) is 8.95. The minimum atomic E-state index is -4.56. The normalized spacial score (nSPS) is 11.4. The molecule has 5 rings (SSSR count). The number of nitrogens with one attached hydrogen (secondary N) is 2. The lowest BCUT2D eigenvalue weighted by Crippen LogP contribution is -2.20. The van der Waals surface area contributed by atoms with Crippen LogP contribution in [0.1, 0.15) is 21.5 Å². The number of aromatic nitrogens is 3. The van der Waals surface area contributed by atoms with Crippen LogP contribution in [0.3, 0.4) is 0 Å². The highest BCUT2D eigenvalue weighted by molar-refractivity contribution is 6.04. The number of anilines is 3. The summed E-state index contributed by atoms with van der Waals surface area (Å²) in [5.41, 5.74) is 1.91. The van der Waals surface area contributed by atoms with E-state index in [0.29, 0.717) is 33.8 Å². The molecule has 0 aliphatic heterocycles. The van der Waals surface area contributed by atoms with Crippen molar-refractivity contribution in [3.63, 3.8) is 0 Å². The second kappa shape index (κ2) is 10.1. The topological polar surface area (TPSA) is 88.9 Å². The molecule has 10 heteroatoms. The fourth-order valence-electron chi connectivity index (χ4n) is 4.18. The van der Waals surface area contributed by atoms with Gasteiger partial charge >= 0.3 is 6.18 Å². The minimum absolute atomic E-state index is 0.134. The van der Waals surface area contributed by atoms with Gasteiger partial charge in [-0.3, -0.25) is 14.2 Å². The molecule has 0 spiro atoms. The van der Waals surface area contributed by atoms with Crippen molar-refractivity contribution in [3.05, 3.63) is 112 Å². The van der Waals surface area contributed by atoms with Crippen LogP contribution >= 0.6 is 0 Å². The third-order valence-corrected chi connectivity index (χ3v) is 6.22. The van der Waals surface area contributed by atoms with Crippen molar-refractivity contribution in [1.82, 2.24) is 14.5 Å². The van der Waals surface area contributed by atoms with E-state index in [0.717, 1.165) is 23.4 Å². The van der Waals surface area contributed by atoms with E-state index in [1.807, 2.05) is 37.3 Å². The van der Waals surface area contributed by atoms with Crippen molar-refractivity contribution < 1.29 is 18.0 Å². The number of aryl methyl sites for hydroxylation is 2. The first kappa shape index (κ1) is 25.7. The third-order valence-electron chi connectivity index (χ3n) is 6.22. The number of hydrogen-bond donors (Lipinski definition) is 2. The maximum atomic E-state index is 13.4. The number of rotatable bonds is 5. The Hall–Kier alpha value is -4.99. The number of alkyl halides is 3. The first-order valence-electron chi connectivity index (χ1n) is 11.9. The van der Waals surface area contributed by atoms with Gasteiger partial charge in [0.2, 0.25) is 5.95 Å². The highest BCUT2D eigenvalue weighted by Crippen LogP contribution is 2.30. The quantitative estimate of drug-likeness (QED) is 0.278. The van der Waals surface area contributed by atoms with Crippen molar-refractivity contribution in [2.24, 2.45) is 7.05 Å². The fourth-order valence-corrected chi connectivity index (χ4v) is 4.18. The van der Waals surface area contributed by atoms with Crippen molar-refractivity contribution in [2.75, 3.05) is 10.6 Å². The molecule has 0 unspecified atom stereocenters. The SMILES string of the molecule is Cc1ccc(NC(=O)c2cccc(C(F)(F)F)c2)cc1-c1cc2cnc(Nc3ccccc3)nc2n(C)c1=O. The van der Waals surface area contributed by atoms with Crippen LogP contribution in [0, 0.1) is 6.92 Å². The highest BCUT2D eigenvalue weighted by atomic mass is 19.4. The molecule has 0 aliphatic rings. The highest BCUT2D eigenvalue weighted by Gasteiger charge is 2.31. The standard InChI is InChI=1S/C29H22F3N5O2/c1-17-11-12-22(34-26(38)18-7-6-8-20(13-18)29(30,31)32)15-23(17)24-14-19-16-33-28(35-21-9-4-3-5-10-21)36-25(19)37(2)27(24)39/h3-16H,1-2H3,(H,34,38)(H,33,35,36). The Balaban J connectivity index is 1.47. The van der Waals surface area contributed by atoms with Crippen molar-refractivity contribution >= 4 is 34.3 Å². The van der Waals surface area contributed by atoms with Gasteiger partial charge in [0.05, 0.1) is 5.56 Å². The van der Waals surface area contributed by atoms with Crippen LogP contribution in [-0.4, -0.2) is 20.4 Å². The van der Waals surface area contributed by atoms with Gasteiger partial charge in [0.15, 0.2) is 0 Å². The number of carbonyl (C=O) groups is 1. The Morgan fingerprint density at radius 1 is 0.897 bits per heavy atom. The van der Waals surface area contributed by atoms with Gasteiger partial charge in [-0.15, -0.1) is 0 Å². The van der Waals surface area contributed by atoms with Crippen molar-refractivity contribution in [2.45, 2.75) is 13.1 Å². The zero-order chi connectivity index (χ0) is 27.7. The molecule has 0 atom stereocenters. The van der Waals surface area contributed by atoms with Crippen LogP contribution < -0.4 is 16.2 Å². The monoisotopic (exact) mass is 529 g/mol. The van der Waals surface area contributed by atoms with Gasteiger partial charge in [-0.1, -0.05) is 30.3 Å². The van der Waals surface area contributed by atoms with E-state index in [2.05, 4.69) is 20.6 Å². The van der Waals surface area contributed by atoms with E-state index in [9.17, 15) is 22.8 Å². The summed E-state index contributed by atoms with van der Waals surface area (Å²) in [5, 5.41) is 6.37. The smallest absolute Gasteiger partial charge is 0.324 e. The lowest BCUT2D eigenvalue weighted by Gasteiger charge is -2.14. The number of hydrogen-bond acceptors (Lipinski definition) is 5. The molecule has 0 fully saturated rings. The Morgan fingerprint density at radius 2 is 1.67 bits per heavy atom. The molecular formula is C29H22F3N5O2. The van der Waals surface area contributed by atoms with E-state index in [-0.39, 0.29) is 11.1 Å². The molecule has 2 heterocycles. The maximum Gasteiger partial charge on any atom is 0.416 e. The molecule has 2 N–H and O–H groups in total. The molecular weight excluding hydrogens is 507 g/mol. The van der Waals surface area contributed by atoms with Crippen LogP contribution in [0.15, 0.2) is 89.9 Å². The van der Waals surface area contributed by atoms with Gasteiger partial charge in [-0.2, -0.15) is 18.2 Å². The molecule has 7 nitrogen and oxygen atoms in total. The van der Waals surface area contributed by atoms with Crippen LogP contribution in [0.25, 0.3) is 22.2 Å². The summed E-state index contributed by atoms with van der Waals surface area (Å²) in [4.78, 5) is 35.0. The minimum Gasteiger partial charge on any atom is -0.324 e. The molecule has 39 heavy (non-hydrogen) atoms. The average molecular weight is 530 g/mol. The maximum absolute atomic E-state index is 13.4. The molecule has 0 bridgehead atoms. The van der Waals surface area contributed by atoms with Gasteiger partial charge in [0, 0.05) is 41.1 Å². The molecule has 2 aromatic heterocycles. The zero-order valence-electron chi connectivity index (χ0n) is 20.9. The van der Waals surface area contributed by atoms with Gasteiger partial charge in [-0.05, 0) is 66.6 Å². The number of halogens is 3. The molecule has 0 radical (unpaired) electrons. The predicted octanol–water partition coefficient (Wildman–Crippen LogP) is 6.32. The van der Waals surface area contributed by atoms with Crippen LogP contribution in [0.2, 0.25) is 0 Å². The molecule has 196 valence electrons. The molecule has 5 aromatic rings. The number of benzene rings is 3. The fraction of sp³-hybridized carbons (Fsp3) is 0.103. The lowest BCUT2D eigenvalue weighted by molar-refractivity contribution is -0.137. The first-order chi connectivity index (χ1) is 18.6. The number of para-hydroxylation sites is 1. The molecule has 3 aromatic carbocycles. The van der Waals surface area contributed by atoms with E-state index in [4.69, 9.17) is 0 Å². The van der Waals surface area contributed by atoms with Gasteiger partial charge in [0.1, 0.15) is 5.65 Å². The summed E-state index contributed by atoms with van der Waals surface area (Å²) in [6.07, 6.45) is -2.95. The van der Waals surface area contributed by atoms with Crippen LogP contribution in [0.4, 0.5) is 30.5 Å². The Morgan fingerprint density at radius 3 is 2.41 bits per heavy atom. The summed E-state index contributed by atoms with van der Waals surface area (Å²) in [6, 6.07) is 20.2. The Kier molecular flexibility index (Phi) is 6.61. The largest absolute Gasteiger partial charge is 0.416 e. The zero-order valence-corrected chi connectivity index (χ0v) is 20.9. The molecule has 0 saturated carbocycles. The summed E-state index contributed by atoms with van der Waals surface area (Å²) in [6.45, 7) is 1.82. The number of nitrogens with zero attached hydrogens (tertiary/aromatic N) is 3. The van der Waals surface area contributed by atoms with Crippen LogP contribution in [0.5, 0.6) is 0 Å². The van der Waals surface area contributed by atoms with Gasteiger partial charge in [-0.25, -0.2) is 4.98 Å². The summed E-state index contributed by atoms with van der Waals surface area (Å²) in [7, 11) is 1.61. The van der Waals surface area contributed by atoms with Gasteiger partial charge in [0.25, 0.3) is 11.5 Å². The van der Waals surface area contributed by atoms with Crippen molar-refractivity contribution in [1.29, 1.82) is 0 Å². The first-order valence-corrected chi connectivity index (χ1v) is 11.9. The third kappa shape index (κ3) is 5.35. The molecule has 1 amide bonds. The van der Waals surface area contributed by atoms with E-state index >= 15 is 0 Å². The number of fused-ring (bicyclic) bond motifs is 1. The number of amides is 1. The van der Waals surface area contributed by atoms with E-state index in [1.54, 1.807) is 37.5 Å².